The first-order chi connectivity index (χ1) is 15.1. The molecule has 0 bridgehead atoms. The monoisotopic (exact) mass is 454 g/mol. The van der Waals surface area contributed by atoms with Crippen LogP contribution in [0.2, 0.25) is 0 Å². The van der Waals surface area contributed by atoms with Crippen molar-refractivity contribution in [2.75, 3.05) is 36.4 Å². The quantitative estimate of drug-likeness (QED) is 0.577. The Kier molecular flexibility index (Phi) is 5.71. The maximum absolute atomic E-state index is 13.6. The number of pyridine rings is 1. The van der Waals surface area contributed by atoms with Gasteiger partial charge in [-0.1, -0.05) is 0 Å². The molecular formula is C20H19F5N6O. The van der Waals surface area contributed by atoms with Gasteiger partial charge in [0.15, 0.2) is 0 Å². The molecule has 0 unspecified atom stereocenters. The van der Waals surface area contributed by atoms with E-state index in [0.717, 1.165) is 37.9 Å². The standard InChI is InChI=1S/C20H19F5N6O/c21-19(22,20(23,24)25)12-31-16(32)6-1-13-11-27-18(29-17(13)31)28-14-2-4-15(5-3-14)30-9-7-26-8-10-30/h1-6,11,26H,7-10,12H2,(H,27,28,29). The number of nitrogens with one attached hydrogen (secondary N) is 2. The largest absolute Gasteiger partial charge is 0.455 e. The third-order valence-electron chi connectivity index (χ3n) is 5.10. The lowest BCUT2D eigenvalue weighted by Gasteiger charge is -2.29. The summed E-state index contributed by atoms with van der Waals surface area (Å²) in [7, 11) is 0. The molecule has 1 saturated heterocycles. The van der Waals surface area contributed by atoms with Crippen molar-refractivity contribution in [1.82, 2.24) is 19.9 Å². The highest BCUT2D eigenvalue weighted by atomic mass is 19.4. The molecule has 0 radical (unpaired) electrons. The number of halogens is 5. The SMILES string of the molecule is O=c1ccc2cnc(Nc3ccc(N4CCNCC4)cc3)nc2n1CC(F)(F)C(F)(F)F. The Morgan fingerprint density at radius 3 is 2.34 bits per heavy atom. The van der Waals surface area contributed by atoms with Crippen LogP contribution in [0.25, 0.3) is 11.0 Å². The zero-order valence-corrected chi connectivity index (χ0v) is 16.7. The molecule has 0 saturated carbocycles. The van der Waals surface area contributed by atoms with Crippen molar-refractivity contribution >= 4 is 28.4 Å². The second-order valence-corrected chi connectivity index (χ2v) is 7.34. The van der Waals surface area contributed by atoms with Gasteiger partial charge in [-0.3, -0.25) is 9.36 Å². The summed E-state index contributed by atoms with van der Waals surface area (Å²) in [5.41, 5.74) is 0.274. The molecule has 0 amide bonds. The molecule has 32 heavy (non-hydrogen) atoms. The van der Waals surface area contributed by atoms with Gasteiger partial charge in [0.25, 0.3) is 5.56 Å². The van der Waals surface area contributed by atoms with E-state index in [0.29, 0.717) is 10.3 Å². The molecular weight excluding hydrogens is 435 g/mol. The van der Waals surface area contributed by atoms with Gasteiger partial charge in [-0.25, -0.2) is 4.98 Å². The summed E-state index contributed by atoms with van der Waals surface area (Å²) in [5, 5.41) is 6.31. The van der Waals surface area contributed by atoms with Crippen molar-refractivity contribution in [2.24, 2.45) is 0 Å². The van der Waals surface area contributed by atoms with Crippen LogP contribution < -0.4 is 21.1 Å². The van der Waals surface area contributed by atoms with E-state index in [1.807, 2.05) is 12.1 Å². The van der Waals surface area contributed by atoms with E-state index in [1.54, 1.807) is 12.1 Å². The Balaban J connectivity index is 1.61. The highest BCUT2D eigenvalue weighted by molar-refractivity contribution is 5.75. The summed E-state index contributed by atoms with van der Waals surface area (Å²) in [6.07, 6.45) is -4.55. The highest BCUT2D eigenvalue weighted by Gasteiger charge is 2.57. The van der Waals surface area contributed by atoms with E-state index in [1.165, 1.54) is 12.3 Å². The number of nitrogens with zero attached hydrogens (tertiary/aromatic N) is 4. The van der Waals surface area contributed by atoms with Crippen LogP contribution in [-0.4, -0.2) is 52.8 Å². The van der Waals surface area contributed by atoms with E-state index in [-0.39, 0.29) is 17.0 Å². The molecule has 1 aliphatic rings. The summed E-state index contributed by atoms with van der Waals surface area (Å²) in [6, 6.07) is 9.52. The molecule has 2 N–H and O–H groups in total. The molecule has 1 fully saturated rings. The number of aromatic nitrogens is 3. The maximum Gasteiger partial charge on any atom is 0.455 e. The number of hydrogen-bond acceptors (Lipinski definition) is 6. The number of fused-ring (bicyclic) bond motifs is 1. The van der Waals surface area contributed by atoms with Gasteiger partial charge in [-0.15, -0.1) is 0 Å². The molecule has 1 aromatic carbocycles. The number of piperazine rings is 1. The van der Waals surface area contributed by atoms with Crippen molar-refractivity contribution in [3.8, 4) is 0 Å². The minimum absolute atomic E-state index is 0.0397. The lowest BCUT2D eigenvalue weighted by atomic mass is 10.2. The first kappa shape index (κ1) is 21.9. The van der Waals surface area contributed by atoms with Gasteiger partial charge in [0.05, 0.1) is 0 Å². The lowest BCUT2D eigenvalue weighted by Crippen LogP contribution is -2.43. The van der Waals surface area contributed by atoms with Gasteiger partial charge in [0.2, 0.25) is 5.95 Å². The van der Waals surface area contributed by atoms with Crippen LogP contribution in [0.1, 0.15) is 0 Å². The minimum Gasteiger partial charge on any atom is -0.369 e. The number of alkyl halides is 5. The van der Waals surface area contributed by atoms with Crippen LogP contribution in [0.5, 0.6) is 0 Å². The van der Waals surface area contributed by atoms with Crippen LogP contribution in [0, 0.1) is 0 Å². The Hall–Kier alpha value is -3.28. The summed E-state index contributed by atoms with van der Waals surface area (Å²) in [5.74, 6) is -5.13. The second kappa shape index (κ2) is 8.34. The topological polar surface area (TPSA) is 75.1 Å². The first-order valence-corrected chi connectivity index (χ1v) is 9.78. The first-order valence-electron chi connectivity index (χ1n) is 9.78. The van der Waals surface area contributed by atoms with Crippen molar-refractivity contribution in [1.29, 1.82) is 0 Å². The fraction of sp³-hybridized carbons (Fsp3) is 0.350. The summed E-state index contributed by atoms with van der Waals surface area (Å²) >= 11 is 0. The number of anilines is 3. The van der Waals surface area contributed by atoms with Crippen molar-refractivity contribution in [3.63, 3.8) is 0 Å². The van der Waals surface area contributed by atoms with Crippen molar-refractivity contribution in [3.05, 3.63) is 52.9 Å². The predicted octanol–water partition coefficient (Wildman–Crippen LogP) is 3.14. The number of benzene rings is 1. The molecule has 12 heteroatoms. The van der Waals surface area contributed by atoms with E-state index in [9.17, 15) is 26.7 Å². The van der Waals surface area contributed by atoms with E-state index < -0.39 is 24.2 Å². The number of rotatable bonds is 5. The molecule has 170 valence electrons. The average molecular weight is 454 g/mol. The smallest absolute Gasteiger partial charge is 0.369 e. The molecule has 3 heterocycles. The molecule has 4 rings (SSSR count). The van der Waals surface area contributed by atoms with Gasteiger partial charge >= 0.3 is 12.1 Å². The zero-order valence-electron chi connectivity index (χ0n) is 16.7. The second-order valence-electron chi connectivity index (χ2n) is 7.34. The average Bonchev–Trinajstić information content (AvgIpc) is 2.76. The Morgan fingerprint density at radius 1 is 1.00 bits per heavy atom. The summed E-state index contributed by atoms with van der Waals surface area (Å²) in [6.45, 7) is 1.66. The van der Waals surface area contributed by atoms with Crippen LogP contribution in [0.15, 0.2) is 47.4 Å². The molecule has 3 aromatic rings. The molecule has 7 nitrogen and oxygen atoms in total. The fourth-order valence-electron chi connectivity index (χ4n) is 3.38. The predicted molar refractivity (Wildman–Crippen MR) is 110 cm³/mol. The summed E-state index contributed by atoms with van der Waals surface area (Å²) in [4.78, 5) is 22.4. The molecule has 2 aromatic heterocycles. The van der Waals surface area contributed by atoms with Crippen LogP contribution in [-0.2, 0) is 6.54 Å². The normalized spacial score (nSPS) is 15.2. The lowest BCUT2D eigenvalue weighted by molar-refractivity contribution is -0.286. The van der Waals surface area contributed by atoms with Gasteiger partial charge in [-0.05, 0) is 30.3 Å². The fourth-order valence-corrected chi connectivity index (χ4v) is 3.38. The Bertz CT molecular complexity index is 1160. The summed E-state index contributed by atoms with van der Waals surface area (Å²) < 4.78 is 65.5. The minimum atomic E-state index is -5.80. The van der Waals surface area contributed by atoms with E-state index >= 15 is 0 Å². The van der Waals surface area contributed by atoms with E-state index in [4.69, 9.17) is 0 Å². The van der Waals surface area contributed by atoms with E-state index in [2.05, 4.69) is 25.5 Å². The van der Waals surface area contributed by atoms with Crippen LogP contribution in [0.4, 0.5) is 39.3 Å². The Morgan fingerprint density at radius 2 is 1.69 bits per heavy atom. The Labute approximate surface area is 178 Å². The van der Waals surface area contributed by atoms with Gasteiger partial charge < -0.3 is 15.5 Å². The zero-order chi connectivity index (χ0) is 22.9. The van der Waals surface area contributed by atoms with Crippen molar-refractivity contribution in [2.45, 2.75) is 18.6 Å². The van der Waals surface area contributed by atoms with Gasteiger partial charge in [-0.2, -0.15) is 26.9 Å². The highest BCUT2D eigenvalue weighted by Crippen LogP contribution is 2.36. The van der Waals surface area contributed by atoms with Gasteiger partial charge in [0.1, 0.15) is 12.2 Å². The van der Waals surface area contributed by atoms with Gasteiger partial charge in [0, 0.05) is 55.2 Å². The third kappa shape index (κ3) is 4.49. The van der Waals surface area contributed by atoms with Crippen LogP contribution >= 0.6 is 0 Å². The molecule has 1 aliphatic heterocycles. The van der Waals surface area contributed by atoms with Crippen LogP contribution in [0.3, 0.4) is 0 Å². The molecule has 0 spiro atoms. The molecule has 0 atom stereocenters. The number of hydrogen-bond donors (Lipinski definition) is 2. The third-order valence-corrected chi connectivity index (χ3v) is 5.10. The maximum atomic E-state index is 13.6. The van der Waals surface area contributed by atoms with Crippen molar-refractivity contribution < 1.29 is 22.0 Å². The molecule has 0 aliphatic carbocycles.